The smallest absolute Gasteiger partial charge is 0.0129 e. The third kappa shape index (κ3) is 3.58. The molecule has 0 aliphatic rings. The van der Waals surface area contributed by atoms with Crippen LogP contribution in [0.3, 0.4) is 0 Å². The number of halogens is 1. The molecule has 0 heterocycles. The van der Waals surface area contributed by atoms with Crippen molar-refractivity contribution >= 4 is 15.9 Å². The molecule has 1 unspecified atom stereocenters. The molecule has 0 fully saturated rings. The number of hydrogen-bond acceptors (Lipinski definition) is 0. The highest BCUT2D eigenvalue weighted by Crippen LogP contribution is 2.38. The second kappa shape index (κ2) is 7.20. The van der Waals surface area contributed by atoms with Gasteiger partial charge in [0, 0.05) is 10.7 Å². The molecule has 0 amide bonds. The average molecular weight is 297 g/mol. The van der Waals surface area contributed by atoms with Crippen LogP contribution >= 0.6 is 15.9 Å². The van der Waals surface area contributed by atoms with Crippen LogP contribution in [-0.2, 0) is 5.41 Å². The van der Waals surface area contributed by atoms with Crippen LogP contribution in [0.15, 0.2) is 30.3 Å². The van der Waals surface area contributed by atoms with Crippen molar-refractivity contribution < 1.29 is 0 Å². The van der Waals surface area contributed by atoms with E-state index in [0.717, 1.165) is 11.2 Å². The summed E-state index contributed by atoms with van der Waals surface area (Å²) in [5.41, 5.74) is 1.81. The first-order valence-electron chi connectivity index (χ1n) is 6.83. The summed E-state index contributed by atoms with van der Waals surface area (Å²) in [4.78, 5) is 0. The fourth-order valence-corrected chi connectivity index (χ4v) is 3.56. The van der Waals surface area contributed by atoms with Crippen LogP contribution < -0.4 is 0 Å². The molecule has 1 atom stereocenters. The Morgan fingerprint density at radius 3 is 2.06 bits per heavy atom. The zero-order valence-corrected chi connectivity index (χ0v) is 13.0. The average Bonchev–Trinajstić information content (AvgIpc) is 2.42. The number of benzene rings is 1. The van der Waals surface area contributed by atoms with Crippen molar-refractivity contribution in [2.45, 2.75) is 51.9 Å². The maximum atomic E-state index is 3.76. The first-order valence-corrected chi connectivity index (χ1v) is 7.96. The predicted molar refractivity (Wildman–Crippen MR) is 80.9 cm³/mol. The predicted octanol–water partition coefficient (Wildman–Crippen LogP) is 5.56. The molecule has 0 aliphatic carbocycles. The molecule has 0 radical (unpaired) electrons. The van der Waals surface area contributed by atoms with Crippen LogP contribution in [0.25, 0.3) is 0 Å². The fourth-order valence-electron chi connectivity index (χ4n) is 2.61. The lowest BCUT2D eigenvalue weighted by Crippen LogP contribution is -2.30. The third-order valence-corrected chi connectivity index (χ3v) is 5.23. The van der Waals surface area contributed by atoms with Gasteiger partial charge in [-0.05, 0) is 24.3 Å². The minimum absolute atomic E-state index is 0.317. The van der Waals surface area contributed by atoms with Crippen LogP contribution in [0.5, 0.6) is 0 Å². The Kier molecular flexibility index (Phi) is 6.26. The van der Waals surface area contributed by atoms with Crippen molar-refractivity contribution in [3.8, 4) is 0 Å². The van der Waals surface area contributed by atoms with Gasteiger partial charge in [0.25, 0.3) is 0 Å². The second-order valence-electron chi connectivity index (χ2n) is 5.02. The van der Waals surface area contributed by atoms with E-state index in [1.165, 1.54) is 31.2 Å². The maximum absolute atomic E-state index is 3.76. The maximum Gasteiger partial charge on any atom is 0.0129 e. The molecule has 1 rings (SSSR count). The Bertz CT molecular complexity index is 297. The Morgan fingerprint density at radius 1 is 1.06 bits per heavy atom. The molecular weight excluding hydrogens is 272 g/mol. The minimum atomic E-state index is 0.317. The van der Waals surface area contributed by atoms with Gasteiger partial charge in [0.2, 0.25) is 0 Å². The van der Waals surface area contributed by atoms with Gasteiger partial charge >= 0.3 is 0 Å². The molecule has 96 valence electrons. The van der Waals surface area contributed by atoms with Crippen LogP contribution in [0.1, 0.15) is 52.0 Å². The summed E-state index contributed by atoms with van der Waals surface area (Å²) in [6.07, 6.45) is 5.08. The highest BCUT2D eigenvalue weighted by atomic mass is 79.9. The monoisotopic (exact) mass is 296 g/mol. The van der Waals surface area contributed by atoms with Crippen molar-refractivity contribution in [1.29, 1.82) is 0 Å². The molecule has 1 aromatic rings. The molecule has 0 nitrogen and oxygen atoms in total. The van der Waals surface area contributed by atoms with Gasteiger partial charge in [-0.15, -0.1) is 0 Å². The highest BCUT2D eigenvalue weighted by Gasteiger charge is 2.31. The lowest BCUT2D eigenvalue weighted by atomic mass is 9.72. The molecular formula is C16H25Br. The molecule has 0 saturated carbocycles. The van der Waals surface area contributed by atoms with Gasteiger partial charge in [-0.2, -0.15) is 0 Å². The summed E-state index contributed by atoms with van der Waals surface area (Å²) >= 11 is 3.76. The summed E-state index contributed by atoms with van der Waals surface area (Å²) in [6.45, 7) is 6.94. The Labute approximate surface area is 115 Å². The zero-order chi connectivity index (χ0) is 12.7. The molecule has 1 heteroatoms. The molecule has 0 bridgehead atoms. The summed E-state index contributed by atoms with van der Waals surface area (Å²) in [6, 6.07) is 11.0. The van der Waals surface area contributed by atoms with E-state index in [0.29, 0.717) is 5.41 Å². The van der Waals surface area contributed by atoms with Crippen LogP contribution in [0.2, 0.25) is 0 Å². The molecule has 17 heavy (non-hydrogen) atoms. The Morgan fingerprint density at radius 2 is 1.65 bits per heavy atom. The molecule has 0 aromatic heterocycles. The van der Waals surface area contributed by atoms with Gasteiger partial charge in [0.1, 0.15) is 0 Å². The summed E-state index contributed by atoms with van der Waals surface area (Å²) in [5.74, 6) is 0.840. The van der Waals surface area contributed by atoms with Crippen molar-refractivity contribution in [1.82, 2.24) is 0 Å². The van der Waals surface area contributed by atoms with E-state index in [4.69, 9.17) is 0 Å². The first-order chi connectivity index (χ1) is 8.22. The summed E-state index contributed by atoms with van der Waals surface area (Å²) < 4.78 is 0. The van der Waals surface area contributed by atoms with E-state index in [2.05, 4.69) is 67.0 Å². The van der Waals surface area contributed by atoms with E-state index >= 15 is 0 Å². The van der Waals surface area contributed by atoms with Gasteiger partial charge in [0.15, 0.2) is 0 Å². The lowest BCUT2D eigenvalue weighted by Gasteiger charge is -2.35. The lowest BCUT2D eigenvalue weighted by molar-refractivity contribution is 0.320. The van der Waals surface area contributed by atoms with E-state index < -0.39 is 0 Å². The van der Waals surface area contributed by atoms with Crippen molar-refractivity contribution in [2.75, 3.05) is 5.33 Å². The fraction of sp³-hybridized carbons (Fsp3) is 0.625. The third-order valence-electron chi connectivity index (χ3n) is 4.15. The normalized spacial score (nSPS) is 14.9. The van der Waals surface area contributed by atoms with Gasteiger partial charge in [-0.3, -0.25) is 0 Å². The number of alkyl halides is 1. The van der Waals surface area contributed by atoms with Crippen molar-refractivity contribution in [2.24, 2.45) is 5.92 Å². The van der Waals surface area contributed by atoms with E-state index in [1.807, 2.05) is 0 Å². The molecule has 0 aliphatic heterocycles. The van der Waals surface area contributed by atoms with Gasteiger partial charge in [0.05, 0.1) is 0 Å². The van der Waals surface area contributed by atoms with Gasteiger partial charge in [-0.25, -0.2) is 0 Å². The van der Waals surface area contributed by atoms with E-state index in [-0.39, 0.29) is 0 Å². The van der Waals surface area contributed by atoms with Gasteiger partial charge < -0.3 is 0 Å². The minimum Gasteiger partial charge on any atom is -0.0918 e. The molecule has 0 saturated heterocycles. The topological polar surface area (TPSA) is 0 Å². The molecule has 0 spiro atoms. The quantitative estimate of drug-likeness (QED) is 0.578. The van der Waals surface area contributed by atoms with Crippen LogP contribution in [-0.4, -0.2) is 5.33 Å². The second-order valence-corrected chi connectivity index (χ2v) is 5.58. The van der Waals surface area contributed by atoms with Gasteiger partial charge in [-0.1, -0.05) is 79.9 Å². The standard InChI is InChI=1S/C16H25Br/c1-4-14(5-2)12-16(6-3,13-17)15-10-8-7-9-11-15/h7-11,14H,4-6,12-13H2,1-3H3. The van der Waals surface area contributed by atoms with Crippen LogP contribution in [0.4, 0.5) is 0 Å². The highest BCUT2D eigenvalue weighted by molar-refractivity contribution is 9.09. The van der Waals surface area contributed by atoms with Crippen molar-refractivity contribution in [3.63, 3.8) is 0 Å². The first kappa shape index (κ1) is 14.8. The SMILES string of the molecule is CCC(CC)CC(CC)(CBr)c1ccccc1. The molecule has 0 N–H and O–H groups in total. The number of hydrogen-bond donors (Lipinski definition) is 0. The van der Waals surface area contributed by atoms with E-state index in [9.17, 15) is 0 Å². The zero-order valence-electron chi connectivity index (χ0n) is 11.4. The Balaban J connectivity index is 2.96. The van der Waals surface area contributed by atoms with Crippen LogP contribution in [0, 0.1) is 5.92 Å². The summed E-state index contributed by atoms with van der Waals surface area (Å²) in [7, 11) is 0. The Hall–Kier alpha value is -0.300. The summed E-state index contributed by atoms with van der Waals surface area (Å²) in [5, 5.41) is 1.07. The largest absolute Gasteiger partial charge is 0.0918 e. The molecule has 1 aromatic carbocycles. The number of rotatable bonds is 7. The van der Waals surface area contributed by atoms with Crippen molar-refractivity contribution in [3.05, 3.63) is 35.9 Å². The van der Waals surface area contributed by atoms with E-state index in [1.54, 1.807) is 0 Å².